The summed E-state index contributed by atoms with van der Waals surface area (Å²) in [5.41, 5.74) is 0.520. The van der Waals surface area contributed by atoms with Crippen LogP contribution >= 0.6 is 0 Å². The number of imidazole rings is 1. The first-order valence-corrected chi connectivity index (χ1v) is 9.47. The van der Waals surface area contributed by atoms with Gasteiger partial charge in [-0.15, -0.1) is 0 Å². The summed E-state index contributed by atoms with van der Waals surface area (Å²) in [6.45, 7) is 3.39. The number of piperidine rings is 1. The topological polar surface area (TPSA) is 66.7 Å². The monoisotopic (exact) mass is 398 g/mol. The smallest absolute Gasteiger partial charge is 0.292 e. The van der Waals surface area contributed by atoms with Gasteiger partial charge < -0.3 is 10.2 Å². The number of pyridine rings is 1. The highest BCUT2D eigenvalue weighted by atomic mass is 19.1. The molecule has 2 aromatic heterocycles. The minimum absolute atomic E-state index is 0.0438. The Morgan fingerprint density at radius 2 is 2.03 bits per heavy atom. The number of amides is 2. The molecule has 6 nitrogen and oxygen atoms in total. The predicted molar refractivity (Wildman–Crippen MR) is 104 cm³/mol. The quantitative estimate of drug-likeness (QED) is 0.731. The zero-order valence-electron chi connectivity index (χ0n) is 15.9. The van der Waals surface area contributed by atoms with Crippen LogP contribution in [0.25, 0.3) is 5.52 Å². The zero-order chi connectivity index (χ0) is 20.5. The Bertz CT molecular complexity index is 1100. The van der Waals surface area contributed by atoms with Gasteiger partial charge in [-0.05, 0) is 43.0 Å². The lowest BCUT2D eigenvalue weighted by Crippen LogP contribution is -2.39. The Labute approximate surface area is 166 Å². The highest BCUT2D eigenvalue weighted by molar-refractivity contribution is 6.06. The summed E-state index contributed by atoms with van der Waals surface area (Å²) in [6, 6.07) is 8.05. The van der Waals surface area contributed by atoms with Crippen LogP contribution in [0.5, 0.6) is 0 Å². The number of hydrogen-bond acceptors (Lipinski definition) is 3. The molecule has 1 atom stereocenters. The van der Waals surface area contributed by atoms with Crippen LogP contribution in [0, 0.1) is 17.6 Å². The lowest BCUT2D eigenvalue weighted by Gasteiger charge is -2.30. The van der Waals surface area contributed by atoms with E-state index in [1.807, 2.05) is 0 Å². The molecule has 150 valence electrons. The molecule has 1 saturated heterocycles. The Kier molecular flexibility index (Phi) is 5.00. The molecule has 1 aromatic carbocycles. The van der Waals surface area contributed by atoms with Crippen molar-refractivity contribution in [3.8, 4) is 0 Å². The third-order valence-electron chi connectivity index (χ3n) is 5.08. The average Bonchev–Trinajstić information content (AvgIpc) is 3.09. The van der Waals surface area contributed by atoms with Gasteiger partial charge in [-0.1, -0.05) is 13.0 Å². The molecule has 2 amide bonds. The predicted octanol–water partition coefficient (Wildman–Crippen LogP) is 3.74. The second-order valence-electron chi connectivity index (χ2n) is 7.32. The molecule has 8 heteroatoms. The molecule has 0 radical (unpaired) electrons. The Morgan fingerprint density at radius 1 is 1.21 bits per heavy atom. The molecule has 1 unspecified atom stereocenters. The number of hydrogen-bond donors (Lipinski definition) is 1. The molecular formula is C21H20F2N4O2. The van der Waals surface area contributed by atoms with Gasteiger partial charge in [-0.2, -0.15) is 0 Å². The van der Waals surface area contributed by atoms with Crippen LogP contribution in [0.3, 0.4) is 0 Å². The van der Waals surface area contributed by atoms with E-state index in [1.54, 1.807) is 29.3 Å². The van der Waals surface area contributed by atoms with Crippen molar-refractivity contribution in [2.24, 2.45) is 5.92 Å². The van der Waals surface area contributed by atoms with Crippen LogP contribution in [-0.4, -0.2) is 39.2 Å². The van der Waals surface area contributed by atoms with Crippen molar-refractivity contribution in [3.05, 3.63) is 65.7 Å². The number of anilines is 1. The van der Waals surface area contributed by atoms with E-state index in [4.69, 9.17) is 0 Å². The third-order valence-corrected chi connectivity index (χ3v) is 5.08. The standard InChI is InChI=1S/C21H20F2N4O2/c1-13-5-4-9-26(12-13)21(29)18-17-6-2-3-10-27(17)19(25-18)20(28)24-16-8-7-14(22)11-15(16)23/h2-3,6-8,10-11,13H,4-5,9,12H2,1H3,(H,24,28). The first-order chi connectivity index (χ1) is 13.9. The fourth-order valence-electron chi connectivity index (χ4n) is 3.65. The van der Waals surface area contributed by atoms with Gasteiger partial charge in [0.15, 0.2) is 5.69 Å². The molecule has 0 bridgehead atoms. The summed E-state index contributed by atoms with van der Waals surface area (Å²) in [7, 11) is 0. The van der Waals surface area contributed by atoms with E-state index in [-0.39, 0.29) is 23.1 Å². The van der Waals surface area contributed by atoms with Crippen LogP contribution in [0.4, 0.5) is 14.5 Å². The maximum atomic E-state index is 13.9. The number of aromatic nitrogens is 2. The van der Waals surface area contributed by atoms with Gasteiger partial charge in [0.05, 0.1) is 11.2 Å². The number of likely N-dealkylation sites (tertiary alicyclic amines) is 1. The zero-order valence-corrected chi connectivity index (χ0v) is 15.9. The van der Waals surface area contributed by atoms with E-state index in [1.165, 1.54) is 4.40 Å². The summed E-state index contributed by atoms with van der Waals surface area (Å²) in [4.78, 5) is 31.9. The van der Waals surface area contributed by atoms with E-state index in [9.17, 15) is 18.4 Å². The molecule has 1 N–H and O–H groups in total. The molecular weight excluding hydrogens is 378 g/mol. The van der Waals surface area contributed by atoms with Gasteiger partial charge >= 0.3 is 0 Å². The molecule has 3 aromatic rings. The van der Waals surface area contributed by atoms with E-state index in [0.29, 0.717) is 30.6 Å². The normalized spacial score (nSPS) is 16.8. The maximum Gasteiger partial charge on any atom is 0.292 e. The number of carbonyl (C=O) groups is 2. The molecule has 1 aliphatic rings. The molecule has 1 aliphatic heterocycles. The summed E-state index contributed by atoms with van der Waals surface area (Å²) >= 11 is 0. The second-order valence-corrected chi connectivity index (χ2v) is 7.32. The number of fused-ring (bicyclic) bond motifs is 1. The number of halogens is 2. The van der Waals surface area contributed by atoms with Gasteiger partial charge in [0.2, 0.25) is 5.82 Å². The minimum Gasteiger partial charge on any atom is -0.337 e. The Balaban J connectivity index is 1.68. The van der Waals surface area contributed by atoms with Crippen LogP contribution in [0.2, 0.25) is 0 Å². The van der Waals surface area contributed by atoms with E-state index in [2.05, 4.69) is 17.2 Å². The fourth-order valence-corrected chi connectivity index (χ4v) is 3.65. The number of benzene rings is 1. The van der Waals surface area contributed by atoms with Crippen LogP contribution in [0.15, 0.2) is 42.6 Å². The fraction of sp³-hybridized carbons (Fsp3) is 0.286. The minimum atomic E-state index is -0.891. The van der Waals surface area contributed by atoms with E-state index in [0.717, 1.165) is 25.0 Å². The first-order valence-electron chi connectivity index (χ1n) is 9.47. The lowest BCUT2D eigenvalue weighted by atomic mass is 10.00. The van der Waals surface area contributed by atoms with E-state index < -0.39 is 17.5 Å². The Hall–Kier alpha value is -3.29. The van der Waals surface area contributed by atoms with Crippen molar-refractivity contribution in [2.75, 3.05) is 18.4 Å². The lowest BCUT2D eigenvalue weighted by molar-refractivity contribution is 0.0679. The van der Waals surface area contributed by atoms with Crippen LogP contribution < -0.4 is 5.32 Å². The number of nitrogens with zero attached hydrogens (tertiary/aromatic N) is 3. The summed E-state index contributed by atoms with van der Waals surface area (Å²) in [5.74, 6) is -2.19. The van der Waals surface area contributed by atoms with Crippen molar-refractivity contribution in [3.63, 3.8) is 0 Å². The van der Waals surface area contributed by atoms with Crippen molar-refractivity contribution >= 4 is 23.0 Å². The molecule has 0 aliphatic carbocycles. The molecule has 3 heterocycles. The summed E-state index contributed by atoms with van der Waals surface area (Å²) in [6.07, 6.45) is 3.62. The van der Waals surface area contributed by atoms with Gasteiger partial charge in [-0.3, -0.25) is 14.0 Å². The van der Waals surface area contributed by atoms with Crippen molar-refractivity contribution < 1.29 is 18.4 Å². The molecule has 4 rings (SSSR count). The molecule has 29 heavy (non-hydrogen) atoms. The summed E-state index contributed by atoms with van der Waals surface area (Å²) in [5, 5.41) is 2.40. The van der Waals surface area contributed by atoms with E-state index >= 15 is 0 Å². The van der Waals surface area contributed by atoms with Crippen molar-refractivity contribution in [2.45, 2.75) is 19.8 Å². The third kappa shape index (κ3) is 3.70. The average molecular weight is 398 g/mol. The first kappa shape index (κ1) is 19.0. The highest BCUT2D eigenvalue weighted by Crippen LogP contribution is 2.22. The van der Waals surface area contributed by atoms with Gasteiger partial charge in [0.1, 0.15) is 11.6 Å². The van der Waals surface area contributed by atoms with Crippen LogP contribution in [0.1, 0.15) is 40.9 Å². The summed E-state index contributed by atoms with van der Waals surface area (Å²) < 4.78 is 28.5. The molecule has 0 saturated carbocycles. The number of nitrogens with one attached hydrogen (secondary N) is 1. The largest absolute Gasteiger partial charge is 0.337 e. The van der Waals surface area contributed by atoms with Crippen molar-refractivity contribution in [1.29, 1.82) is 0 Å². The number of carbonyl (C=O) groups excluding carboxylic acids is 2. The van der Waals surface area contributed by atoms with Gasteiger partial charge in [0.25, 0.3) is 11.8 Å². The highest BCUT2D eigenvalue weighted by Gasteiger charge is 2.28. The van der Waals surface area contributed by atoms with Gasteiger partial charge in [0, 0.05) is 25.4 Å². The van der Waals surface area contributed by atoms with Crippen LogP contribution in [-0.2, 0) is 0 Å². The SMILES string of the molecule is CC1CCCN(C(=O)c2nc(C(=O)Nc3ccc(F)cc3F)n3ccccc23)C1. The molecule has 1 fully saturated rings. The van der Waals surface area contributed by atoms with Gasteiger partial charge in [-0.25, -0.2) is 13.8 Å². The maximum absolute atomic E-state index is 13.9. The second kappa shape index (κ2) is 7.62. The Morgan fingerprint density at radius 3 is 2.79 bits per heavy atom. The van der Waals surface area contributed by atoms with Crippen molar-refractivity contribution in [1.82, 2.24) is 14.3 Å². The molecule has 0 spiro atoms. The number of rotatable bonds is 3.